The molecule has 0 aliphatic rings. The first kappa shape index (κ1) is 21.6. The van der Waals surface area contributed by atoms with Crippen LogP contribution in [0.4, 0.5) is 0 Å². The molecule has 0 amide bonds. The standard InChI is InChI=1S/C18H27N3O.HI/c1-5-13-22-17-9-7-16(8-10-17)11-12-20-18(19-6-2)21-14-15(3)4;/h1,7-10,15H,6,11-14H2,2-4H3,(H2,19,20,21);1H. The van der Waals surface area contributed by atoms with Crippen LogP contribution in [0, 0.1) is 18.3 Å². The molecule has 0 saturated carbocycles. The number of nitrogens with zero attached hydrogens (tertiary/aromatic N) is 1. The van der Waals surface area contributed by atoms with Crippen molar-refractivity contribution in [3.63, 3.8) is 0 Å². The van der Waals surface area contributed by atoms with Crippen molar-refractivity contribution in [3.05, 3.63) is 29.8 Å². The minimum Gasteiger partial charge on any atom is -0.481 e. The summed E-state index contributed by atoms with van der Waals surface area (Å²) in [7, 11) is 0. The molecule has 0 unspecified atom stereocenters. The van der Waals surface area contributed by atoms with E-state index in [0.717, 1.165) is 37.8 Å². The third-order valence-corrected chi connectivity index (χ3v) is 2.91. The Morgan fingerprint density at radius 1 is 1.26 bits per heavy atom. The second kappa shape index (κ2) is 13.1. The molecule has 0 bridgehead atoms. The number of halogens is 1. The van der Waals surface area contributed by atoms with Gasteiger partial charge in [0.1, 0.15) is 12.4 Å². The smallest absolute Gasteiger partial charge is 0.191 e. The summed E-state index contributed by atoms with van der Waals surface area (Å²) in [6, 6.07) is 8.02. The molecule has 5 heteroatoms. The van der Waals surface area contributed by atoms with Gasteiger partial charge in [0.15, 0.2) is 5.96 Å². The molecule has 1 aromatic carbocycles. The summed E-state index contributed by atoms with van der Waals surface area (Å²) in [5, 5.41) is 6.61. The number of guanidine groups is 1. The van der Waals surface area contributed by atoms with Gasteiger partial charge in [0.05, 0.1) is 0 Å². The van der Waals surface area contributed by atoms with Crippen molar-refractivity contribution in [1.29, 1.82) is 0 Å². The van der Waals surface area contributed by atoms with Crippen molar-refractivity contribution >= 4 is 29.9 Å². The Bertz CT molecular complexity index is 492. The summed E-state index contributed by atoms with van der Waals surface area (Å²) in [5.41, 5.74) is 1.25. The lowest BCUT2D eigenvalue weighted by Crippen LogP contribution is -2.38. The fraction of sp³-hybridized carbons (Fsp3) is 0.500. The first-order chi connectivity index (χ1) is 10.7. The van der Waals surface area contributed by atoms with Crippen molar-refractivity contribution in [2.24, 2.45) is 10.9 Å². The average molecular weight is 429 g/mol. The van der Waals surface area contributed by atoms with Crippen LogP contribution in [0.3, 0.4) is 0 Å². The Hall–Kier alpha value is -1.42. The first-order valence-electron chi connectivity index (χ1n) is 7.83. The van der Waals surface area contributed by atoms with Crippen LogP contribution in [-0.4, -0.2) is 32.2 Å². The molecular formula is C18H28IN3O. The minimum atomic E-state index is 0. The van der Waals surface area contributed by atoms with E-state index in [4.69, 9.17) is 11.2 Å². The molecule has 0 atom stereocenters. The fourth-order valence-corrected chi connectivity index (χ4v) is 1.82. The predicted octanol–water partition coefficient (Wildman–Crippen LogP) is 3.07. The van der Waals surface area contributed by atoms with Gasteiger partial charge in [0.25, 0.3) is 0 Å². The molecule has 0 heterocycles. The van der Waals surface area contributed by atoms with E-state index in [-0.39, 0.29) is 24.0 Å². The van der Waals surface area contributed by atoms with E-state index in [0.29, 0.717) is 12.5 Å². The van der Waals surface area contributed by atoms with Gasteiger partial charge in [-0.25, -0.2) is 0 Å². The SMILES string of the molecule is C#CCOc1ccc(CCNC(=NCC(C)C)NCC)cc1.I. The summed E-state index contributed by atoms with van der Waals surface area (Å²) < 4.78 is 5.36. The summed E-state index contributed by atoms with van der Waals surface area (Å²) >= 11 is 0. The molecule has 2 N–H and O–H groups in total. The van der Waals surface area contributed by atoms with Gasteiger partial charge in [-0.05, 0) is 37.0 Å². The molecule has 0 radical (unpaired) electrons. The number of hydrogen-bond acceptors (Lipinski definition) is 2. The van der Waals surface area contributed by atoms with E-state index in [2.05, 4.69) is 54.5 Å². The van der Waals surface area contributed by atoms with Gasteiger partial charge in [-0.2, -0.15) is 0 Å². The van der Waals surface area contributed by atoms with Crippen LogP contribution in [0.5, 0.6) is 5.75 Å². The maximum Gasteiger partial charge on any atom is 0.191 e. The van der Waals surface area contributed by atoms with Gasteiger partial charge in [0.2, 0.25) is 0 Å². The van der Waals surface area contributed by atoms with E-state index < -0.39 is 0 Å². The topological polar surface area (TPSA) is 45.6 Å². The van der Waals surface area contributed by atoms with Gasteiger partial charge in [-0.3, -0.25) is 4.99 Å². The van der Waals surface area contributed by atoms with Crippen LogP contribution in [0.2, 0.25) is 0 Å². The monoisotopic (exact) mass is 429 g/mol. The Kier molecular flexibility index (Phi) is 12.3. The lowest BCUT2D eigenvalue weighted by molar-refractivity contribution is 0.370. The van der Waals surface area contributed by atoms with Gasteiger partial charge in [0, 0.05) is 19.6 Å². The Morgan fingerprint density at radius 2 is 1.96 bits per heavy atom. The average Bonchev–Trinajstić information content (AvgIpc) is 2.51. The normalized spacial score (nSPS) is 10.7. The van der Waals surface area contributed by atoms with Crippen LogP contribution < -0.4 is 15.4 Å². The number of benzene rings is 1. The molecule has 128 valence electrons. The van der Waals surface area contributed by atoms with Gasteiger partial charge >= 0.3 is 0 Å². The largest absolute Gasteiger partial charge is 0.481 e. The maximum atomic E-state index is 5.36. The van der Waals surface area contributed by atoms with E-state index in [1.54, 1.807) is 0 Å². The van der Waals surface area contributed by atoms with Crippen molar-refractivity contribution in [1.82, 2.24) is 10.6 Å². The molecule has 4 nitrogen and oxygen atoms in total. The Labute approximate surface area is 157 Å². The second-order valence-corrected chi connectivity index (χ2v) is 5.43. The molecule has 0 saturated heterocycles. The maximum absolute atomic E-state index is 5.36. The zero-order valence-electron chi connectivity index (χ0n) is 14.3. The van der Waals surface area contributed by atoms with Crippen molar-refractivity contribution in [2.45, 2.75) is 27.2 Å². The summed E-state index contributed by atoms with van der Waals surface area (Å²) in [5.74, 6) is 4.70. The van der Waals surface area contributed by atoms with Gasteiger partial charge in [-0.1, -0.05) is 31.9 Å². The number of terminal acetylenes is 1. The van der Waals surface area contributed by atoms with E-state index >= 15 is 0 Å². The van der Waals surface area contributed by atoms with Crippen molar-refractivity contribution in [2.75, 3.05) is 26.2 Å². The summed E-state index contributed by atoms with van der Waals surface area (Å²) in [6.07, 6.45) is 6.10. The van der Waals surface area contributed by atoms with Crippen LogP contribution in [0.25, 0.3) is 0 Å². The summed E-state index contributed by atoms with van der Waals surface area (Å²) in [6.45, 7) is 9.24. The zero-order valence-corrected chi connectivity index (χ0v) is 16.6. The van der Waals surface area contributed by atoms with Crippen LogP contribution in [0.15, 0.2) is 29.3 Å². The molecule has 1 rings (SSSR count). The highest BCUT2D eigenvalue weighted by Crippen LogP contribution is 2.12. The molecule has 0 aromatic heterocycles. The molecule has 0 aliphatic heterocycles. The minimum absolute atomic E-state index is 0. The molecule has 23 heavy (non-hydrogen) atoms. The quantitative estimate of drug-likeness (QED) is 0.289. The third kappa shape index (κ3) is 10.1. The highest BCUT2D eigenvalue weighted by Gasteiger charge is 1.99. The van der Waals surface area contributed by atoms with Crippen LogP contribution in [0.1, 0.15) is 26.3 Å². The highest BCUT2D eigenvalue weighted by atomic mass is 127. The summed E-state index contributed by atoms with van der Waals surface area (Å²) in [4.78, 5) is 4.55. The predicted molar refractivity (Wildman–Crippen MR) is 109 cm³/mol. The number of nitrogens with one attached hydrogen (secondary N) is 2. The van der Waals surface area contributed by atoms with Crippen LogP contribution >= 0.6 is 24.0 Å². The lowest BCUT2D eigenvalue weighted by Gasteiger charge is -2.12. The number of aliphatic imine (C=N–C) groups is 1. The zero-order chi connectivity index (χ0) is 16.2. The lowest BCUT2D eigenvalue weighted by atomic mass is 10.1. The Balaban J connectivity index is 0.00000484. The number of ether oxygens (including phenoxy) is 1. The van der Waals surface area contributed by atoms with E-state index in [1.807, 2.05) is 12.1 Å². The number of hydrogen-bond donors (Lipinski definition) is 2. The van der Waals surface area contributed by atoms with E-state index in [9.17, 15) is 0 Å². The highest BCUT2D eigenvalue weighted by molar-refractivity contribution is 14.0. The van der Waals surface area contributed by atoms with Crippen molar-refractivity contribution in [3.8, 4) is 18.1 Å². The van der Waals surface area contributed by atoms with Crippen molar-refractivity contribution < 1.29 is 4.74 Å². The molecule has 1 aromatic rings. The van der Waals surface area contributed by atoms with Gasteiger partial charge < -0.3 is 15.4 Å². The molecule has 0 fully saturated rings. The molecule has 0 aliphatic carbocycles. The number of rotatable bonds is 8. The first-order valence-corrected chi connectivity index (χ1v) is 7.83. The van der Waals surface area contributed by atoms with E-state index in [1.165, 1.54) is 5.56 Å². The van der Waals surface area contributed by atoms with Gasteiger partial charge in [-0.15, -0.1) is 30.4 Å². The third-order valence-electron chi connectivity index (χ3n) is 2.91. The fourth-order valence-electron chi connectivity index (χ4n) is 1.82. The molecular weight excluding hydrogens is 401 g/mol. The molecule has 0 spiro atoms. The Morgan fingerprint density at radius 3 is 2.52 bits per heavy atom. The van der Waals surface area contributed by atoms with Crippen LogP contribution in [-0.2, 0) is 6.42 Å². The second-order valence-electron chi connectivity index (χ2n) is 5.43.